The van der Waals surface area contributed by atoms with Crippen molar-refractivity contribution in [3.63, 3.8) is 0 Å². The van der Waals surface area contributed by atoms with E-state index in [1.165, 1.54) is 0 Å². The number of aliphatic hydroxyl groups excluding tert-OH is 1. The van der Waals surface area contributed by atoms with Gasteiger partial charge in [0.15, 0.2) is 0 Å². The summed E-state index contributed by atoms with van der Waals surface area (Å²) in [4.78, 5) is 12.6. The van der Waals surface area contributed by atoms with Crippen molar-refractivity contribution in [3.05, 3.63) is 0 Å². The SMILES string of the molecule is NCC1(O)CCN(C(=O)CO)CC1. The van der Waals surface area contributed by atoms with Gasteiger partial charge in [0, 0.05) is 19.6 Å². The molecule has 0 aromatic rings. The minimum Gasteiger partial charge on any atom is -0.388 e. The Morgan fingerprint density at radius 2 is 2.00 bits per heavy atom. The van der Waals surface area contributed by atoms with Crippen molar-refractivity contribution >= 4 is 5.91 Å². The van der Waals surface area contributed by atoms with Crippen molar-refractivity contribution in [3.8, 4) is 0 Å². The van der Waals surface area contributed by atoms with E-state index in [2.05, 4.69) is 0 Å². The molecule has 0 unspecified atom stereocenters. The Kier molecular flexibility index (Phi) is 3.24. The van der Waals surface area contributed by atoms with Crippen LogP contribution in [0.3, 0.4) is 0 Å². The minimum absolute atomic E-state index is 0.230. The second kappa shape index (κ2) is 4.04. The Balaban J connectivity index is 2.43. The molecule has 5 nitrogen and oxygen atoms in total. The highest BCUT2D eigenvalue weighted by Gasteiger charge is 2.32. The first kappa shape index (κ1) is 10.4. The predicted octanol–water partition coefficient (Wildman–Crippen LogP) is -1.71. The van der Waals surface area contributed by atoms with E-state index in [-0.39, 0.29) is 12.5 Å². The van der Waals surface area contributed by atoms with E-state index in [1.807, 2.05) is 0 Å². The third-order valence-corrected chi connectivity index (χ3v) is 2.56. The maximum atomic E-state index is 11.0. The molecule has 1 heterocycles. The summed E-state index contributed by atoms with van der Waals surface area (Å²) in [7, 11) is 0. The zero-order chi connectivity index (χ0) is 9.90. The molecule has 1 saturated heterocycles. The minimum atomic E-state index is -0.813. The topological polar surface area (TPSA) is 86.8 Å². The summed E-state index contributed by atoms with van der Waals surface area (Å²) < 4.78 is 0. The summed E-state index contributed by atoms with van der Waals surface area (Å²) >= 11 is 0. The maximum Gasteiger partial charge on any atom is 0.248 e. The van der Waals surface area contributed by atoms with Crippen LogP contribution in [0.2, 0.25) is 0 Å². The second-order valence-corrected chi connectivity index (χ2v) is 3.47. The number of nitrogens with two attached hydrogens (primary N) is 1. The van der Waals surface area contributed by atoms with Gasteiger partial charge in [-0.25, -0.2) is 0 Å². The van der Waals surface area contributed by atoms with Gasteiger partial charge in [-0.15, -0.1) is 0 Å². The number of aliphatic hydroxyl groups is 2. The first-order chi connectivity index (χ1) is 6.11. The van der Waals surface area contributed by atoms with Gasteiger partial charge in [-0.2, -0.15) is 0 Å². The largest absolute Gasteiger partial charge is 0.388 e. The molecule has 1 aliphatic rings. The van der Waals surface area contributed by atoms with Gasteiger partial charge in [-0.3, -0.25) is 4.79 Å². The Labute approximate surface area is 77.1 Å². The number of nitrogens with zero attached hydrogens (tertiary/aromatic N) is 1. The van der Waals surface area contributed by atoms with Crippen LogP contribution in [0.15, 0.2) is 0 Å². The molecule has 1 amide bonds. The fraction of sp³-hybridized carbons (Fsp3) is 0.875. The van der Waals surface area contributed by atoms with Crippen molar-refractivity contribution in [1.29, 1.82) is 0 Å². The van der Waals surface area contributed by atoms with Gasteiger partial charge in [-0.1, -0.05) is 0 Å². The van der Waals surface area contributed by atoms with Gasteiger partial charge in [0.2, 0.25) is 5.91 Å². The Bertz CT molecular complexity index is 188. The molecule has 0 aromatic heterocycles. The highest BCUT2D eigenvalue weighted by molar-refractivity contribution is 5.77. The van der Waals surface area contributed by atoms with Gasteiger partial charge in [-0.05, 0) is 12.8 Å². The summed E-state index contributed by atoms with van der Waals surface area (Å²) in [6, 6.07) is 0. The predicted molar refractivity (Wildman–Crippen MR) is 46.9 cm³/mol. The number of hydrogen-bond acceptors (Lipinski definition) is 4. The number of rotatable bonds is 2. The highest BCUT2D eigenvalue weighted by Crippen LogP contribution is 2.20. The van der Waals surface area contributed by atoms with Gasteiger partial charge < -0.3 is 20.8 Å². The summed E-state index contributed by atoms with van der Waals surface area (Å²) in [5, 5.41) is 18.3. The monoisotopic (exact) mass is 188 g/mol. The van der Waals surface area contributed by atoms with Crippen LogP contribution in [-0.4, -0.2) is 52.9 Å². The zero-order valence-corrected chi connectivity index (χ0v) is 7.57. The molecular weight excluding hydrogens is 172 g/mol. The van der Waals surface area contributed by atoms with Crippen molar-refractivity contribution in [2.75, 3.05) is 26.2 Å². The van der Waals surface area contributed by atoms with E-state index in [9.17, 15) is 9.90 Å². The summed E-state index contributed by atoms with van der Waals surface area (Å²) in [5.74, 6) is -0.279. The smallest absolute Gasteiger partial charge is 0.248 e. The number of piperidine rings is 1. The number of hydrogen-bond donors (Lipinski definition) is 3. The van der Waals surface area contributed by atoms with Crippen LogP contribution in [0, 0.1) is 0 Å². The van der Waals surface area contributed by atoms with E-state index in [0.29, 0.717) is 25.9 Å². The van der Waals surface area contributed by atoms with Crippen LogP contribution in [0.25, 0.3) is 0 Å². The molecular formula is C8H16N2O3. The van der Waals surface area contributed by atoms with Crippen molar-refractivity contribution in [1.82, 2.24) is 4.90 Å². The summed E-state index contributed by atoms with van der Waals surface area (Å²) in [5.41, 5.74) is 4.58. The number of likely N-dealkylation sites (tertiary alicyclic amines) is 1. The fourth-order valence-electron chi connectivity index (χ4n) is 1.48. The highest BCUT2D eigenvalue weighted by atomic mass is 16.3. The zero-order valence-electron chi connectivity index (χ0n) is 7.57. The molecule has 76 valence electrons. The molecule has 0 aliphatic carbocycles. The standard InChI is InChI=1S/C8H16N2O3/c9-6-8(13)1-3-10(4-2-8)7(12)5-11/h11,13H,1-6,9H2. The van der Waals surface area contributed by atoms with Gasteiger partial charge in [0.05, 0.1) is 5.60 Å². The van der Waals surface area contributed by atoms with E-state index >= 15 is 0 Å². The Morgan fingerprint density at radius 1 is 1.46 bits per heavy atom. The number of amides is 1. The van der Waals surface area contributed by atoms with Crippen molar-refractivity contribution in [2.45, 2.75) is 18.4 Å². The first-order valence-electron chi connectivity index (χ1n) is 4.42. The van der Waals surface area contributed by atoms with Crippen LogP contribution in [0.5, 0.6) is 0 Å². The fourth-order valence-corrected chi connectivity index (χ4v) is 1.48. The number of carbonyl (C=O) groups is 1. The lowest BCUT2D eigenvalue weighted by atomic mass is 9.92. The Morgan fingerprint density at radius 3 is 2.38 bits per heavy atom. The second-order valence-electron chi connectivity index (χ2n) is 3.47. The maximum absolute atomic E-state index is 11.0. The van der Waals surface area contributed by atoms with E-state index in [0.717, 1.165) is 0 Å². The molecule has 0 aromatic carbocycles. The quantitative estimate of drug-likeness (QED) is 0.481. The molecule has 4 N–H and O–H groups in total. The van der Waals surface area contributed by atoms with Gasteiger partial charge >= 0.3 is 0 Å². The normalized spacial score (nSPS) is 21.6. The van der Waals surface area contributed by atoms with Crippen LogP contribution < -0.4 is 5.73 Å². The van der Waals surface area contributed by atoms with Gasteiger partial charge in [0.25, 0.3) is 0 Å². The average molecular weight is 188 g/mol. The van der Waals surface area contributed by atoms with Crippen LogP contribution in [0.4, 0.5) is 0 Å². The molecule has 1 rings (SSSR count). The summed E-state index contributed by atoms with van der Waals surface area (Å²) in [6.45, 7) is 0.732. The third-order valence-electron chi connectivity index (χ3n) is 2.56. The molecule has 1 fully saturated rings. The van der Waals surface area contributed by atoms with Crippen molar-refractivity contribution in [2.24, 2.45) is 5.73 Å². The Hall–Kier alpha value is -0.650. The molecule has 0 bridgehead atoms. The molecule has 0 atom stereocenters. The van der Waals surface area contributed by atoms with Crippen LogP contribution in [-0.2, 0) is 4.79 Å². The summed E-state index contributed by atoms with van der Waals surface area (Å²) in [6.07, 6.45) is 0.991. The first-order valence-corrected chi connectivity index (χ1v) is 4.42. The molecule has 13 heavy (non-hydrogen) atoms. The van der Waals surface area contributed by atoms with E-state index in [1.54, 1.807) is 4.90 Å². The molecule has 0 spiro atoms. The van der Waals surface area contributed by atoms with Gasteiger partial charge in [0.1, 0.15) is 6.61 Å². The van der Waals surface area contributed by atoms with E-state index < -0.39 is 12.2 Å². The third kappa shape index (κ3) is 2.40. The lowest BCUT2D eigenvalue weighted by Crippen LogP contribution is -2.50. The molecule has 0 saturated carbocycles. The molecule has 0 radical (unpaired) electrons. The molecule has 1 aliphatic heterocycles. The molecule has 5 heteroatoms. The average Bonchev–Trinajstić information content (AvgIpc) is 2.18. The lowest BCUT2D eigenvalue weighted by Gasteiger charge is -2.37. The van der Waals surface area contributed by atoms with Crippen molar-refractivity contribution < 1.29 is 15.0 Å². The van der Waals surface area contributed by atoms with E-state index in [4.69, 9.17) is 10.8 Å². The number of carbonyl (C=O) groups excluding carboxylic acids is 1. The van der Waals surface area contributed by atoms with Crippen LogP contribution >= 0.6 is 0 Å². The lowest BCUT2D eigenvalue weighted by molar-refractivity contribution is -0.138. The van der Waals surface area contributed by atoms with Crippen LogP contribution in [0.1, 0.15) is 12.8 Å².